The molecular weight excluding hydrogens is 286 g/mol. The van der Waals surface area contributed by atoms with E-state index in [1.54, 1.807) is 19.1 Å². The molecule has 118 valence electrons. The van der Waals surface area contributed by atoms with Crippen molar-refractivity contribution in [2.24, 2.45) is 5.14 Å². The quantitative estimate of drug-likeness (QED) is 0.891. The van der Waals surface area contributed by atoms with Crippen LogP contribution in [0.1, 0.15) is 32.3 Å². The Bertz CT molecular complexity index is 591. The van der Waals surface area contributed by atoms with Gasteiger partial charge in [0.2, 0.25) is 10.0 Å². The van der Waals surface area contributed by atoms with Crippen LogP contribution in [0.5, 0.6) is 0 Å². The van der Waals surface area contributed by atoms with Crippen LogP contribution in [0.25, 0.3) is 0 Å². The van der Waals surface area contributed by atoms with E-state index < -0.39 is 10.0 Å². The van der Waals surface area contributed by atoms with E-state index in [2.05, 4.69) is 24.1 Å². The van der Waals surface area contributed by atoms with Crippen molar-refractivity contribution in [3.63, 3.8) is 0 Å². The van der Waals surface area contributed by atoms with Crippen LogP contribution in [0, 0.1) is 6.92 Å². The lowest BCUT2D eigenvalue weighted by Crippen LogP contribution is -2.42. The molecule has 5 nitrogen and oxygen atoms in total. The largest absolute Gasteiger partial charge is 0.382 e. The maximum Gasteiger partial charge on any atom is 0.238 e. The predicted octanol–water partition coefficient (Wildman–Crippen LogP) is 1.93. The number of benzene rings is 1. The Balaban J connectivity index is 2.08. The molecule has 1 heterocycles. The molecule has 1 aromatic carbocycles. The van der Waals surface area contributed by atoms with Gasteiger partial charge in [-0.15, -0.1) is 0 Å². The highest BCUT2D eigenvalue weighted by molar-refractivity contribution is 7.89. The van der Waals surface area contributed by atoms with Crippen molar-refractivity contribution < 1.29 is 8.42 Å². The highest BCUT2D eigenvalue weighted by Crippen LogP contribution is 2.25. The van der Waals surface area contributed by atoms with Gasteiger partial charge in [0.25, 0.3) is 0 Å². The molecule has 0 saturated carbocycles. The Morgan fingerprint density at radius 2 is 1.90 bits per heavy atom. The van der Waals surface area contributed by atoms with Gasteiger partial charge in [-0.1, -0.05) is 6.07 Å². The fraction of sp³-hybridized carbons (Fsp3) is 0.600. The van der Waals surface area contributed by atoms with Crippen molar-refractivity contribution in [3.8, 4) is 0 Å². The third-order valence-electron chi connectivity index (χ3n) is 4.21. The molecule has 1 saturated heterocycles. The van der Waals surface area contributed by atoms with Crippen LogP contribution in [-0.4, -0.2) is 38.5 Å². The molecule has 0 spiro atoms. The second-order valence-electron chi connectivity index (χ2n) is 6.02. The zero-order chi connectivity index (χ0) is 15.6. The van der Waals surface area contributed by atoms with E-state index >= 15 is 0 Å². The zero-order valence-corrected chi connectivity index (χ0v) is 13.8. The molecular formula is C15H25N3O2S. The SMILES string of the molecule is Cc1c(NC2CCN(C(C)C)CC2)cccc1S(N)(=O)=O. The van der Waals surface area contributed by atoms with Gasteiger partial charge in [0, 0.05) is 30.9 Å². The standard InChI is InChI=1S/C15H25N3O2S/c1-11(2)18-9-7-13(8-10-18)17-14-5-4-6-15(12(14)3)21(16,19)20/h4-6,11,13,17H,7-10H2,1-3H3,(H2,16,19,20). The number of nitrogens with one attached hydrogen (secondary N) is 1. The number of nitrogens with zero attached hydrogens (tertiary/aromatic N) is 1. The molecule has 0 bridgehead atoms. The minimum Gasteiger partial charge on any atom is -0.382 e. The van der Waals surface area contributed by atoms with E-state index in [1.807, 2.05) is 6.07 Å². The summed E-state index contributed by atoms with van der Waals surface area (Å²) in [5, 5.41) is 8.72. The van der Waals surface area contributed by atoms with E-state index in [4.69, 9.17) is 5.14 Å². The minimum atomic E-state index is -3.67. The predicted molar refractivity (Wildman–Crippen MR) is 85.9 cm³/mol. The Labute approximate surface area is 127 Å². The van der Waals surface area contributed by atoms with Gasteiger partial charge >= 0.3 is 0 Å². The number of nitrogens with two attached hydrogens (primary N) is 1. The maximum absolute atomic E-state index is 11.6. The van der Waals surface area contributed by atoms with Crippen LogP contribution in [-0.2, 0) is 10.0 Å². The smallest absolute Gasteiger partial charge is 0.238 e. The van der Waals surface area contributed by atoms with E-state index in [0.29, 0.717) is 17.6 Å². The van der Waals surface area contributed by atoms with Gasteiger partial charge in [-0.05, 0) is 51.3 Å². The first-order chi connectivity index (χ1) is 9.79. The molecule has 21 heavy (non-hydrogen) atoms. The first-order valence-electron chi connectivity index (χ1n) is 7.42. The Morgan fingerprint density at radius 1 is 1.29 bits per heavy atom. The van der Waals surface area contributed by atoms with Crippen molar-refractivity contribution in [2.45, 2.75) is 50.6 Å². The molecule has 1 fully saturated rings. The number of rotatable bonds is 4. The van der Waals surface area contributed by atoms with Gasteiger partial charge in [-0.3, -0.25) is 0 Å². The third-order valence-corrected chi connectivity index (χ3v) is 5.27. The minimum absolute atomic E-state index is 0.201. The van der Waals surface area contributed by atoms with Crippen molar-refractivity contribution in [1.82, 2.24) is 4.90 Å². The Morgan fingerprint density at radius 3 is 2.43 bits per heavy atom. The van der Waals surface area contributed by atoms with E-state index in [0.717, 1.165) is 31.6 Å². The Kier molecular flexibility index (Phi) is 4.91. The van der Waals surface area contributed by atoms with E-state index in [-0.39, 0.29) is 4.90 Å². The van der Waals surface area contributed by atoms with Gasteiger partial charge in [0.1, 0.15) is 0 Å². The van der Waals surface area contributed by atoms with Crippen LogP contribution in [0.4, 0.5) is 5.69 Å². The topological polar surface area (TPSA) is 75.4 Å². The lowest BCUT2D eigenvalue weighted by molar-refractivity contribution is 0.177. The average Bonchev–Trinajstić information content (AvgIpc) is 2.40. The number of anilines is 1. The molecule has 3 N–H and O–H groups in total. The highest BCUT2D eigenvalue weighted by Gasteiger charge is 2.22. The van der Waals surface area contributed by atoms with Crippen LogP contribution >= 0.6 is 0 Å². The summed E-state index contributed by atoms with van der Waals surface area (Å²) in [4.78, 5) is 2.67. The molecule has 0 amide bonds. The second kappa shape index (κ2) is 6.34. The lowest BCUT2D eigenvalue weighted by atomic mass is 10.0. The molecule has 6 heteroatoms. The van der Waals surface area contributed by atoms with Gasteiger partial charge in [-0.2, -0.15) is 0 Å². The first-order valence-corrected chi connectivity index (χ1v) is 8.96. The van der Waals surface area contributed by atoms with Crippen LogP contribution in [0.3, 0.4) is 0 Å². The van der Waals surface area contributed by atoms with Gasteiger partial charge < -0.3 is 10.2 Å². The molecule has 2 rings (SSSR count). The van der Waals surface area contributed by atoms with Crippen molar-refractivity contribution in [3.05, 3.63) is 23.8 Å². The van der Waals surface area contributed by atoms with Crippen LogP contribution < -0.4 is 10.5 Å². The molecule has 1 aromatic rings. The van der Waals surface area contributed by atoms with Gasteiger partial charge in [0.05, 0.1) is 4.90 Å². The van der Waals surface area contributed by atoms with Crippen molar-refractivity contribution in [1.29, 1.82) is 0 Å². The molecule has 0 aliphatic carbocycles. The highest BCUT2D eigenvalue weighted by atomic mass is 32.2. The third kappa shape index (κ3) is 3.96. The molecule has 1 aliphatic rings. The fourth-order valence-electron chi connectivity index (χ4n) is 2.86. The second-order valence-corrected chi connectivity index (χ2v) is 7.55. The lowest BCUT2D eigenvalue weighted by Gasteiger charge is -2.35. The molecule has 0 radical (unpaired) electrons. The number of hydrogen-bond acceptors (Lipinski definition) is 4. The molecule has 0 unspecified atom stereocenters. The molecule has 1 aliphatic heterocycles. The zero-order valence-electron chi connectivity index (χ0n) is 13.0. The summed E-state index contributed by atoms with van der Waals surface area (Å²) in [5.41, 5.74) is 1.57. The summed E-state index contributed by atoms with van der Waals surface area (Å²) >= 11 is 0. The van der Waals surface area contributed by atoms with Crippen molar-refractivity contribution >= 4 is 15.7 Å². The number of primary sulfonamides is 1. The van der Waals surface area contributed by atoms with Crippen LogP contribution in [0.2, 0.25) is 0 Å². The summed E-state index contributed by atoms with van der Waals surface area (Å²) in [6.45, 7) is 8.37. The summed E-state index contributed by atoms with van der Waals surface area (Å²) in [7, 11) is -3.67. The monoisotopic (exact) mass is 311 g/mol. The summed E-state index contributed by atoms with van der Waals surface area (Å²) < 4.78 is 23.1. The van der Waals surface area contributed by atoms with E-state index in [9.17, 15) is 8.42 Å². The van der Waals surface area contributed by atoms with Gasteiger partial charge in [-0.25, -0.2) is 13.6 Å². The van der Waals surface area contributed by atoms with Crippen molar-refractivity contribution in [2.75, 3.05) is 18.4 Å². The van der Waals surface area contributed by atoms with Gasteiger partial charge in [0.15, 0.2) is 0 Å². The fourth-order valence-corrected chi connectivity index (χ4v) is 3.66. The normalized spacial score (nSPS) is 18.1. The number of likely N-dealkylation sites (tertiary alicyclic amines) is 1. The number of sulfonamides is 1. The average molecular weight is 311 g/mol. The number of piperidine rings is 1. The maximum atomic E-state index is 11.6. The number of hydrogen-bond donors (Lipinski definition) is 2. The van der Waals surface area contributed by atoms with E-state index in [1.165, 1.54) is 0 Å². The first kappa shape index (κ1) is 16.3. The Hall–Kier alpha value is -1.11. The molecule has 0 aromatic heterocycles. The molecule has 0 atom stereocenters. The summed E-state index contributed by atoms with van der Waals surface area (Å²) in [6, 6.07) is 6.17. The summed E-state index contributed by atoms with van der Waals surface area (Å²) in [6.07, 6.45) is 2.13. The van der Waals surface area contributed by atoms with Crippen LogP contribution in [0.15, 0.2) is 23.1 Å². The summed E-state index contributed by atoms with van der Waals surface area (Å²) in [5.74, 6) is 0.